The van der Waals surface area contributed by atoms with Crippen molar-refractivity contribution in [1.29, 1.82) is 0 Å². The number of carbonyl (C=O) groups is 1. The molecule has 6 nitrogen and oxygen atoms in total. The maximum absolute atomic E-state index is 12.4. The van der Waals surface area contributed by atoms with Crippen LogP contribution in [-0.2, 0) is 9.53 Å². The largest absolute Gasteiger partial charge is 0.493 e. The van der Waals surface area contributed by atoms with Crippen molar-refractivity contribution in [2.24, 2.45) is 0 Å². The Labute approximate surface area is 162 Å². The average molecular weight is 376 g/mol. The van der Waals surface area contributed by atoms with Crippen LogP contribution in [0.15, 0.2) is 24.3 Å². The lowest BCUT2D eigenvalue weighted by Crippen LogP contribution is -2.59. The van der Waals surface area contributed by atoms with Crippen molar-refractivity contribution in [2.45, 2.75) is 44.1 Å². The maximum atomic E-state index is 12.4. The zero-order chi connectivity index (χ0) is 19.0. The van der Waals surface area contributed by atoms with E-state index in [1.807, 2.05) is 24.3 Å². The Morgan fingerprint density at radius 1 is 1.15 bits per heavy atom. The lowest BCUT2D eigenvalue weighted by atomic mass is 9.79. The molecule has 1 saturated carbocycles. The highest BCUT2D eigenvalue weighted by Crippen LogP contribution is 2.34. The van der Waals surface area contributed by atoms with Crippen LogP contribution in [0.4, 0.5) is 0 Å². The molecule has 1 amide bonds. The molecule has 0 bridgehead atoms. The highest BCUT2D eigenvalue weighted by molar-refractivity contribution is 5.76. The highest BCUT2D eigenvalue weighted by atomic mass is 16.5. The number of carbonyl (C=O) groups excluding carboxylic acids is 1. The summed E-state index contributed by atoms with van der Waals surface area (Å²) in [6, 6.07) is 7.50. The van der Waals surface area contributed by atoms with Crippen LogP contribution in [0.3, 0.4) is 0 Å². The summed E-state index contributed by atoms with van der Waals surface area (Å²) in [5.74, 6) is 1.40. The van der Waals surface area contributed by atoms with Crippen molar-refractivity contribution in [3.63, 3.8) is 0 Å². The molecule has 2 aliphatic rings. The summed E-state index contributed by atoms with van der Waals surface area (Å²) < 4.78 is 16.5. The van der Waals surface area contributed by atoms with Gasteiger partial charge in [-0.15, -0.1) is 0 Å². The number of benzene rings is 1. The van der Waals surface area contributed by atoms with Crippen LogP contribution in [-0.4, -0.2) is 62.9 Å². The van der Waals surface area contributed by atoms with Gasteiger partial charge in [-0.25, -0.2) is 0 Å². The second-order valence-corrected chi connectivity index (χ2v) is 7.41. The van der Waals surface area contributed by atoms with Crippen molar-refractivity contribution >= 4 is 5.91 Å². The van der Waals surface area contributed by atoms with E-state index in [1.165, 1.54) is 19.3 Å². The zero-order valence-electron chi connectivity index (χ0n) is 16.4. The van der Waals surface area contributed by atoms with Crippen molar-refractivity contribution in [1.82, 2.24) is 10.2 Å². The van der Waals surface area contributed by atoms with Gasteiger partial charge in [0.2, 0.25) is 5.91 Å². The molecule has 1 N–H and O–H groups in total. The maximum Gasteiger partial charge on any atom is 0.223 e. The molecule has 1 aromatic rings. The van der Waals surface area contributed by atoms with E-state index in [2.05, 4.69) is 10.2 Å². The van der Waals surface area contributed by atoms with Gasteiger partial charge < -0.3 is 19.5 Å². The lowest BCUT2D eigenvalue weighted by Gasteiger charge is -2.48. The van der Waals surface area contributed by atoms with E-state index < -0.39 is 0 Å². The number of morpholine rings is 1. The Kier molecular flexibility index (Phi) is 7.35. The second-order valence-electron chi connectivity index (χ2n) is 7.41. The van der Waals surface area contributed by atoms with E-state index in [0.717, 1.165) is 45.7 Å². The van der Waals surface area contributed by atoms with Gasteiger partial charge in [-0.1, -0.05) is 31.4 Å². The molecular weight excluding hydrogens is 344 g/mol. The molecule has 1 aliphatic heterocycles. The van der Waals surface area contributed by atoms with Crippen LogP contribution in [0, 0.1) is 0 Å². The third-order valence-corrected chi connectivity index (χ3v) is 5.74. The molecule has 3 rings (SSSR count). The van der Waals surface area contributed by atoms with Gasteiger partial charge in [-0.3, -0.25) is 9.69 Å². The third-order valence-electron chi connectivity index (χ3n) is 5.74. The van der Waals surface area contributed by atoms with Gasteiger partial charge in [-0.2, -0.15) is 0 Å². The molecule has 2 fully saturated rings. The predicted molar refractivity (Wildman–Crippen MR) is 104 cm³/mol. The topological polar surface area (TPSA) is 60.0 Å². The molecule has 0 spiro atoms. The lowest BCUT2D eigenvalue weighted by molar-refractivity contribution is -0.122. The number of para-hydroxylation sites is 2. The number of ether oxygens (including phenoxy) is 3. The summed E-state index contributed by atoms with van der Waals surface area (Å²) in [5, 5.41) is 3.17. The first-order chi connectivity index (χ1) is 13.2. The molecule has 1 heterocycles. The Morgan fingerprint density at radius 3 is 2.56 bits per heavy atom. The quantitative estimate of drug-likeness (QED) is 0.756. The average Bonchev–Trinajstić information content (AvgIpc) is 2.74. The minimum absolute atomic E-state index is 0.0445. The first kappa shape index (κ1) is 20.0. The number of nitrogens with one attached hydrogen (secondary N) is 1. The normalized spacial score (nSPS) is 20.0. The fourth-order valence-corrected chi connectivity index (χ4v) is 4.20. The zero-order valence-corrected chi connectivity index (χ0v) is 16.4. The number of amides is 1. The highest BCUT2D eigenvalue weighted by Gasteiger charge is 2.38. The fourth-order valence-electron chi connectivity index (χ4n) is 4.20. The molecule has 0 aromatic heterocycles. The number of rotatable bonds is 8. The molecule has 1 saturated heterocycles. The van der Waals surface area contributed by atoms with Crippen molar-refractivity contribution in [3.8, 4) is 11.5 Å². The third kappa shape index (κ3) is 5.36. The van der Waals surface area contributed by atoms with Gasteiger partial charge in [0.05, 0.1) is 33.4 Å². The Bertz CT molecular complexity index is 596. The first-order valence-electron chi connectivity index (χ1n) is 10.1. The predicted octanol–water partition coefficient (Wildman–Crippen LogP) is 2.62. The van der Waals surface area contributed by atoms with Gasteiger partial charge in [0.15, 0.2) is 11.5 Å². The van der Waals surface area contributed by atoms with E-state index in [0.29, 0.717) is 24.5 Å². The van der Waals surface area contributed by atoms with Crippen molar-refractivity contribution in [3.05, 3.63) is 24.3 Å². The van der Waals surface area contributed by atoms with Crippen molar-refractivity contribution < 1.29 is 19.0 Å². The SMILES string of the molecule is COc1ccccc1OCCC(=O)NCC1(N2CCOCC2)CCCCC1. The van der Waals surface area contributed by atoms with Gasteiger partial charge in [0.1, 0.15) is 0 Å². The summed E-state index contributed by atoms with van der Waals surface area (Å²) in [6.07, 6.45) is 6.44. The molecule has 1 aliphatic carbocycles. The Hall–Kier alpha value is -1.79. The standard InChI is InChI=1S/C21H32N2O4/c1-25-18-7-3-4-8-19(18)27-14-9-20(24)22-17-21(10-5-2-6-11-21)23-12-15-26-16-13-23/h3-4,7-8H,2,5-6,9-17H2,1H3,(H,22,24). The molecule has 6 heteroatoms. The Morgan fingerprint density at radius 2 is 1.85 bits per heavy atom. The molecular formula is C21H32N2O4. The van der Waals surface area contributed by atoms with Crippen LogP contribution in [0.25, 0.3) is 0 Å². The van der Waals surface area contributed by atoms with Crippen LogP contribution in [0.2, 0.25) is 0 Å². The summed E-state index contributed by atoms with van der Waals surface area (Å²) in [5.41, 5.74) is 0.0984. The number of methoxy groups -OCH3 is 1. The number of nitrogens with zero attached hydrogens (tertiary/aromatic N) is 1. The molecule has 150 valence electrons. The van der Waals surface area contributed by atoms with E-state index in [4.69, 9.17) is 14.2 Å². The molecule has 27 heavy (non-hydrogen) atoms. The number of hydrogen-bond acceptors (Lipinski definition) is 5. The molecule has 0 unspecified atom stereocenters. The van der Waals surface area contributed by atoms with E-state index >= 15 is 0 Å². The summed E-state index contributed by atoms with van der Waals surface area (Å²) in [6.45, 7) is 4.59. The van der Waals surface area contributed by atoms with E-state index in [1.54, 1.807) is 7.11 Å². The smallest absolute Gasteiger partial charge is 0.223 e. The van der Waals surface area contributed by atoms with Crippen molar-refractivity contribution in [2.75, 3.05) is 46.6 Å². The van der Waals surface area contributed by atoms with E-state index in [9.17, 15) is 4.79 Å². The van der Waals surface area contributed by atoms with Gasteiger partial charge >= 0.3 is 0 Å². The van der Waals surface area contributed by atoms with E-state index in [-0.39, 0.29) is 11.4 Å². The van der Waals surface area contributed by atoms with Crippen LogP contribution < -0.4 is 14.8 Å². The van der Waals surface area contributed by atoms with Crippen LogP contribution in [0.5, 0.6) is 11.5 Å². The first-order valence-corrected chi connectivity index (χ1v) is 10.1. The molecule has 0 radical (unpaired) electrons. The summed E-state index contributed by atoms with van der Waals surface area (Å²) in [4.78, 5) is 14.9. The van der Waals surface area contributed by atoms with Gasteiger partial charge in [0, 0.05) is 25.2 Å². The van der Waals surface area contributed by atoms with Crippen LogP contribution in [0.1, 0.15) is 38.5 Å². The van der Waals surface area contributed by atoms with Gasteiger partial charge in [0.25, 0.3) is 0 Å². The number of hydrogen-bond donors (Lipinski definition) is 1. The van der Waals surface area contributed by atoms with Crippen LogP contribution >= 0.6 is 0 Å². The fraction of sp³-hybridized carbons (Fsp3) is 0.667. The second kappa shape index (κ2) is 9.95. The molecule has 1 aromatic carbocycles. The van der Waals surface area contributed by atoms with Gasteiger partial charge in [-0.05, 0) is 25.0 Å². The minimum atomic E-state index is 0.0445. The monoisotopic (exact) mass is 376 g/mol. The molecule has 0 atom stereocenters. The summed E-state index contributed by atoms with van der Waals surface area (Å²) in [7, 11) is 1.62. The summed E-state index contributed by atoms with van der Waals surface area (Å²) >= 11 is 0. The minimum Gasteiger partial charge on any atom is -0.493 e. The Balaban J connectivity index is 1.47.